The van der Waals surface area contributed by atoms with E-state index in [9.17, 15) is 4.79 Å². The first-order chi connectivity index (χ1) is 13.7. The largest absolute Gasteiger partial charge is 0.467 e. The molecule has 7 heteroatoms. The number of ether oxygens (including phenoxy) is 1. The SMILES string of the molecule is C[C@@H](NC(=O)COc1ncnc2onc(-c3ccccc3)c12)c1ccccc1. The van der Waals surface area contributed by atoms with E-state index < -0.39 is 0 Å². The lowest BCUT2D eigenvalue weighted by atomic mass is 10.1. The number of hydrogen-bond donors (Lipinski definition) is 1. The van der Waals surface area contributed by atoms with Crippen molar-refractivity contribution in [2.75, 3.05) is 6.61 Å². The molecule has 28 heavy (non-hydrogen) atoms. The molecule has 0 spiro atoms. The van der Waals surface area contributed by atoms with Crippen LogP contribution in [0, 0.1) is 0 Å². The first-order valence-electron chi connectivity index (χ1n) is 8.85. The van der Waals surface area contributed by atoms with E-state index in [1.807, 2.05) is 67.6 Å². The van der Waals surface area contributed by atoms with E-state index in [0.29, 0.717) is 16.8 Å². The third-order valence-corrected chi connectivity index (χ3v) is 4.30. The molecule has 7 nitrogen and oxygen atoms in total. The van der Waals surface area contributed by atoms with Gasteiger partial charge in [-0.3, -0.25) is 4.79 Å². The molecule has 0 saturated heterocycles. The minimum Gasteiger partial charge on any atom is -0.467 e. The maximum atomic E-state index is 12.3. The highest BCUT2D eigenvalue weighted by atomic mass is 16.5. The van der Waals surface area contributed by atoms with Gasteiger partial charge in [0.1, 0.15) is 17.4 Å². The summed E-state index contributed by atoms with van der Waals surface area (Å²) < 4.78 is 11.0. The van der Waals surface area contributed by atoms with Crippen LogP contribution in [0.2, 0.25) is 0 Å². The summed E-state index contributed by atoms with van der Waals surface area (Å²) in [5.41, 5.74) is 2.75. The van der Waals surface area contributed by atoms with Crippen molar-refractivity contribution >= 4 is 17.0 Å². The van der Waals surface area contributed by atoms with Crippen molar-refractivity contribution in [1.82, 2.24) is 20.4 Å². The fourth-order valence-electron chi connectivity index (χ4n) is 2.91. The Labute approximate surface area is 161 Å². The van der Waals surface area contributed by atoms with Gasteiger partial charge >= 0.3 is 0 Å². The molecule has 0 aliphatic carbocycles. The van der Waals surface area contributed by atoms with Crippen LogP contribution < -0.4 is 10.1 Å². The van der Waals surface area contributed by atoms with E-state index in [4.69, 9.17) is 9.26 Å². The van der Waals surface area contributed by atoms with Gasteiger partial charge in [-0.15, -0.1) is 0 Å². The molecule has 2 aromatic carbocycles. The zero-order valence-electron chi connectivity index (χ0n) is 15.2. The summed E-state index contributed by atoms with van der Waals surface area (Å²) in [6.45, 7) is 1.74. The summed E-state index contributed by atoms with van der Waals surface area (Å²) in [5, 5.41) is 7.53. The normalized spacial score (nSPS) is 11.9. The Balaban J connectivity index is 1.51. The first kappa shape index (κ1) is 17.7. The van der Waals surface area contributed by atoms with Gasteiger partial charge in [0.25, 0.3) is 11.6 Å². The summed E-state index contributed by atoms with van der Waals surface area (Å²) in [6, 6.07) is 19.1. The summed E-state index contributed by atoms with van der Waals surface area (Å²) >= 11 is 0. The Bertz CT molecular complexity index is 1080. The van der Waals surface area contributed by atoms with E-state index in [2.05, 4.69) is 20.4 Å². The van der Waals surface area contributed by atoms with Crippen LogP contribution in [0.3, 0.4) is 0 Å². The average Bonchev–Trinajstić information content (AvgIpc) is 3.18. The molecule has 0 bridgehead atoms. The maximum Gasteiger partial charge on any atom is 0.265 e. The molecule has 0 unspecified atom stereocenters. The second kappa shape index (κ2) is 7.87. The molecule has 0 radical (unpaired) electrons. The van der Waals surface area contributed by atoms with Crippen molar-refractivity contribution in [3.05, 3.63) is 72.6 Å². The highest BCUT2D eigenvalue weighted by Gasteiger charge is 2.19. The maximum absolute atomic E-state index is 12.3. The number of amides is 1. The second-order valence-electron chi connectivity index (χ2n) is 6.24. The van der Waals surface area contributed by atoms with Crippen molar-refractivity contribution < 1.29 is 14.1 Å². The van der Waals surface area contributed by atoms with Crippen LogP contribution in [0.4, 0.5) is 0 Å². The molecular formula is C21H18N4O3. The fourth-order valence-corrected chi connectivity index (χ4v) is 2.91. The number of carbonyl (C=O) groups excluding carboxylic acids is 1. The number of nitrogens with one attached hydrogen (secondary N) is 1. The molecule has 0 aliphatic rings. The molecule has 0 saturated carbocycles. The highest BCUT2D eigenvalue weighted by molar-refractivity contribution is 5.93. The fraction of sp³-hybridized carbons (Fsp3) is 0.143. The van der Waals surface area contributed by atoms with Gasteiger partial charge in [0.15, 0.2) is 6.61 Å². The molecule has 1 N–H and O–H groups in total. The quantitative estimate of drug-likeness (QED) is 0.555. The summed E-state index contributed by atoms with van der Waals surface area (Å²) in [4.78, 5) is 20.6. The molecule has 1 amide bonds. The zero-order valence-corrected chi connectivity index (χ0v) is 15.2. The van der Waals surface area contributed by atoms with E-state index >= 15 is 0 Å². The monoisotopic (exact) mass is 374 g/mol. The molecule has 0 fully saturated rings. The van der Waals surface area contributed by atoms with Gasteiger partial charge in [-0.25, -0.2) is 4.98 Å². The molecule has 2 heterocycles. The lowest BCUT2D eigenvalue weighted by Crippen LogP contribution is -2.31. The summed E-state index contributed by atoms with van der Waals surface area (Å²) in [7, 11) is 0. The minimum atomic E-state index is -0.249. The van der Waals surface area contributed by atoms with Crippen LogP contribution in [-0.4, -0.2) is 27.6 Å². The molecular weight excluding hydrogens is 356 g/mol. The smallest absolute Gasteiger partial charge is 0.265 e. The lowest BCUT2D eigenvalue weighted by molar-refractivity contribution is -0.123. The second-order valence-corrected chi connectivity index (χ2v) is 6.24. The van der Waals surface area contributed by atoms with Crippen LogP contribution in [0.25, 0.3) is 22.4 Å². The lowest BCUT2D eigenvalue weighted by Gasteiger charge is -2.14. The number of benzene rings is 2. The van der Waals surface area contributed by atoms with Gasteiger partial charge in [0.2, 0.25) is 5.88 Å². The molecule has 140 valence electrons. The molecule has 0 aliphatic heterocycles. The molecule has 2 aromatic heterocycles. The molecule has 4 aromatic rings. The van der Waals surface area contributed by atoms with Crippen molar-refractivity contribution in [1.29, 1.82) is 0 Å². The van der Waals surface area contributed by atoms with E-state index in [1.165, 1.54) is 6.33 Å². The van der Waals surface area contributed by atoms with Crippen molar-refractivity contribution in [2.24, 2.45) is 0 Å². The van der Waals surface area contributed by atoms with Gasteiger partial charge < -0.3 is 14.6 Å². The summed E-state index contributed by atoms with van der Waals surface area (Å²) in [6.07, 6.45) is 1.32. The van der Waals surface area contributed by atoms with Crippen LogP contribution in [0.5, 0.6) is 5.88 Å². The summed E-state index contributed by atoms with van der Waals surface area (Å²) in [5.74, 6) is 0.00782. The standard InChI is InChI=1S/C21H18N4O3/c1-14(15-8-4-2-5-9-15)24-17(26)12-27-20-18-19(16-10-6-3-7-11-16)25-28-21(18)23-13-22-20/h2-11,13-14H,12H2,1H3,(H,24,26)/t14-/m1/s1. The third kappa shape index (κ3) is 3.68. The number of fused-ring (bicyclic) bond motifs is 1. The molecule has 1 atom stereocenters. The first-order valence-corrected chi connectivity index (χ1v) is 8.85. The average molecular weight is 374 g/mol. The Kier molecular flexibility index (Phi) is 4.97. The predicted octanol–water partition coefficient (Wildman–Crippen LogP) is 3.54. The van der Waals surface area contributed by atoms with E-state index in [-0.39, 0.29) is 24.4 Å². The Morgan fingerprint density at radius 2 is 1.79 bits per heavy atom. The zero-order chi connectivity index (χ0) is 19.3. The Morgan fingerprint density at radius 1 is 1.07 bits per heavy atom. The van der Waals surface area contributed by atoms with Crippen molar-refractivity contribution in [2.45, 2.75) is 13.0 Å². The van der Waals surface area contributed by atoms with Gasteiger partial charge in [-0.05, 0) is 12.5 Å². The predicted molar refractivity (Wildman–Crippen MR) is 104 cm³/mol. The van der Waals surface area contributed by atoms with Gasteiger partial charge in [-0.1, -0.05) is 65.8 Å². The number of carbonyl (C=O) groups is 1. The number of hydrogen-bond acceptors (Lipinski definition) is 6. The Morgan fingerprint density at radius 3 is 2.54 bits per heavy atom. The van der Waals surface area contributed by atoms with Crippen molar-refractivity contribution in [3.8, 4) is 17.1 Å². The highest BCUT2D eigenvalue weighted by Crippen LogP contribution is 2.32. The van der Waals surface area contributed by atoms with Gasteiger partial charge in [0, 0.05) is 5.56 Å². The van der Waals surface area contributed by atoms with Crippen LogP contribution in [-0.2, 0) is 4.79 Å². The Hall–Kier alpha value is -3.74. The van der Waals surface area contributed by atoms with Crippen molar-refractivity contribution in [3.63, 3.8) is 0 Å². The topological polar surface area (TPSA) is 90.1 Å². The van der Waals surface area contributed by atoms with Gasteiger partial charge in [0.05, 0.1) is 6.04 Å². The third-order valence-electron chi connectivity index (χ3n) is 4.30. The van der Waals surface area contributed by atoms with E-state index in [1.54, 1.807) is 0 Å². The minimum absolute atomic E-state index is 0.127. The van der Waals surface area contributed by atoms with Crippen LogP contribution >= 0.6 is 0 Å². The number of aromatic nitrogens is 3. The van der Waals surface area contributed by atoms with Crippen LogP contribution in [0.1, 0.15) is 18.5 Å². The molecule has 4 rings (SSSR count). The number of nitrogens with zero attached hydrogens (tertiary/aromatic N) is 3. The number of rotatable bonds is 6. The van der Waals surface area contributed by atoms with E-state index in [0.717, 1.165) is 11.1 Å². The van der Waals surface area contributed by atoms with Crippen LogP contribution in [0.15, 0.2) is 71.5 Å². The van der Waals surface area contributed by atoms with Gasteiger partial charge in [-0.2, -0.15) is 4.98 Å².